The van der Waals surface area contributed by atoms with Crippen LogP contribution in [0.2, 0.25) is 0 Å². The lowest BCUT2D eigenvalue weighted by atomic mass is 10.1. The molecule has 2 aromatic heterocycles. The Morgan fingerprint density at radius 1 is 1.53 bits per heavy atom. The highest BCUT2D eigenvalue weighted by molar-refractivity contribution is 5.54. The highest BCUT2D eigenvalue weighted by atomic mass is 15.0. The normalized spacial score (nSPS) is 18.3. The summed E-state index contributed by atoms with van der Waals surface area (Å²) >= 11 is 0. The van der Waals surface area contributed by atoms with E-state index >= 15 is 0 Å². The van der Waals surface area contributed by atoms with E-state index < -0.39 is 0 Å². The van der Waals surface area contributed by atoms with Crippen LogP contribution >= 0.6 is 0 Å². The van der Waals surface area contributed by atoms with Crippen molar-refractivity contribution in [2.75, 3.05) is 6.54 Å². The summed E-state index contributed by atoms with van der Waals surface area (Å²) in [4.78, 5) is 4.54. The summed E-state index contributed by atoms with van der Waals surface area (Å²) in [5, 5.41) is 0. The fraction of sp³-hybridized carbons (Fsp3) is 0.417. The molecule has 1 fully saturated rings. The predicted octanol–water partition coefficient (Wildman–Crippen LogP) is 1.63. The second-order valence-electron chi connectivity index (χ2n) is 4.51. The molecule has 78 valence electrons. The summed E-state index contributed by atoms with van der Waals surface area (Å²) in [5.41, 5.74) is 8.47. The van der Waals surface area contributed by atoms with E-state index in [0.717, 1.165) is 5.82 Å². The molecule has 0 amide bonds. The molecule has 0 spiro atoms. The third-order valence-corrected chi connectivity index (χ3v) is 3.50. The molecular formula is C12H15N3. The number of aromatic nitrogens is 2. The van der Waals surface area contributed by atoms with E-state index in [1.807, 2.05) is 6.20 Å². The van der Waals surface area contributed by atoms with Gasteiger partial charge in [-0.1, -0.05) is 6.07 Å². The Bertz CT molecular complexity index is 509. The lowest BCUT2D eigenvalue weighted by Crippen LogP contribution is -2.22. The van der Waals surface area contributed by atoms with Crippen LogP contribution in [-0.4, -0.2) is 15.9 Å². The molecule has 15 heavy (non-hydrogen) atoms. The van der Waals surface area contributed by atoms with Gasteiger partial charge in [0.25, 0.3) is 0 Å². The van der Waals surface area contributed by atoms with Gasteiger partial charge in [0, 0.05) is 18.2 Å². The first-order valence-electron chi connectivity index (χ1n) is 5.40. The number of pyridine rings is 1. The summed E-state index contributed by atoms with van der Waals surface area (Å²) in [7, 11) is 0. The van der Waals surface area contributed by atoms with E-state index in [0.29, 0.717) is 6.54 Å². The van der Waals surface area contributed by atoms with Gasteiger partial charge in [-0.2, -0.15) is 0 Å². The van der Waals surface area contributed by atoms with Crippen molar-refractivity contribution in [1.82, 2.24) is 9.38 Å². The zero-order chi connectivity index (χ0) is 10.5. The van der Waals surface area contributed by atoms with Crippen LogP contribution in [0.3, 0.4) is 0 Å². The van der Waals surface area contributed by atoms with Crippen molar-refractivity contribution in [1.29, 1.82) is 0 Å². The molecular weight excluding hydrogens is 186 g/mol. The second kappa shape index (κ2) is 2.83. The molecule has 1 aliphatic rings. The molecule has 3 rings (SSSR count). The topological polar surface area (TPSA) is 43.3 Å². The second-order valence-corrected chi connectivity index (χ2v) is 4.51. The molecule has 1 aliphatic carbocycles. The van der Waals surface area contributed by atoms with Gasteiger partial charge in [-0.25, -0.2) is 4.98 Å². The number of imidazole rings is 1. The molecule has 0 aromatic carbocycles. The van der Waals surface area contributed by atoms with Crippen molar-refractivity contribution in [3.05, 3.63) is 35.9 Å². The zero-order valence-corrected chi connectivity index (χ0v) is 8.90. The van der Waals surface area contributed by atoms with Gasteiger partial charge in [-0.3, -0.25) is 0 Å². The molecule has 0 atom stereocenters. The number of aryl methyl sites for hydroxylation is 1. The number of hydrogen-bond donors (Lipinski definition) is 1. The van der Waals surface area contributed by atoms with Crippen molar-refractivity contribution >= 4 is 5.52 Å². The maximum Gasteiger partial charge on any atom is 0.120 e. The van der Waals surface area contributed by atoms with E-state index in [9.17, 15) is 0 Å². The van der Waals surface area contributed by atoms with Crippen LogP contribution in [0.25, 0.3) is 5.52 Å². The van der Waals surface area contributed by atoms with E-state index in [1.165, 1.54) is 23.9 Å². The SMILES string of the molecule is Cc1cccn2c(C3(CN)CC3)ncc12. The summed E-state index contributed by atoms with van der Waals surface area (Å²) in [5.74, 6) is 1.14. The third kappa shape index (κ3) is 1.13. The lowest BCUT2D eigenvalue weighted by molar-refractivity contribution is 0.645. The minimum Gasteiger partial charge on any atom is -0.329 e. The molecule has 0 radical (unpaired) electrons. The van der Waals surface area contributed by atoms with Gasteiger partial charge >= 0.3 is 0 Å². The van der Waals surface area contributed by atoms with Crippen LogP contribution in [0.1, 0.15) is 24.2 Å². The van der Waals surface area contributed by atoms with Crippen LogP contribution in [0.15, 0.2) is 24.5 Å². The van der Waals surface area contributed by atoms with Crippen molar-refractivity contribution < 1.29 is 0 Å². The van der Waals surface area contributed by atoms with Gasteiger partial charge in [0.05, 0.1) is 11.7 Å². The minimum atomic E-state index is 0.167. The fourth-order valence-corrected chi connectivity index (χ4v) is 2.22. The van der Waals surface area contributed by atoms with Gasteiger partial charge in [0.15, 0.2) is 0 Å². The Morgan fingerprint density at radius 3 is 3.00 bits per heavy atom. The van der Waals surface area contributed by atoms with Crippen LogP contribution in [0.4, 0.5) is 0 Å². The molecule has 3 heteroatoms. The Balaban J connectivity index is 2.25. The summed E-state index contributed by atoms with van der Waals surface area (Å²) in [6, 6.07) is 4.18. The summed E-state index contributed by atoms with van der Waals surface area (Å²) in [6.45, 7) is 2.82. The first-order chi connectivity index (χ1) is 7.27. The maximum absolute atomic E-state index is 5.84. The maximum atomic E-state index is 5.84. The Kier molecular flexibility index (Phi) is 1.68. The Hall–Kier alpha value is -1.35. The van der Waals surface area contributed by atoms with Gasteiger partial charge in [-0.05, 0) is 31.4 Å². The molecule has 0 unspecified atom stereocenters. The molecule has 1 saturated carbocycles. The molecule has 2 heterocycles. The van der Waals surface area contributed by atoms with Gasteiger partial charge < -0.3 is 10.1 Å². The van der Waals surface area contributed by atoms with Crippen molar-refractivity contribution in [2.45, 2.75) is 25.2 Å². The quantitative estimate of drug-likeness (QED) is 0.802. The van der Waals surface area contributed by atoms with E-state index in [-0.39, 0.29) is 5.41 Å². The highest BCUT2D eigenvalue weighted by Crippen LogP contribution is 2.46. The number of rotatable bonds is 2. The summed E-state index contributed by atoms with van der Waals surface area (Å²) in [6.07, 6.45) is 6.40. The van der Waals surface area contributed by atoms with Gasteiger partial charge in [-0.15, -0.1) is 0 Å². The monoisotopic (exact) mass is 201 g/mol. The van der Waals surface area contributed by atoms with Crippen LogP contribution in [0.5, 0.6) is 0 Å². The average molecular weight is 201 g/mol. The van der Waals surface area contributed by atoms with Crippen LogP contribution in [-0.2, 0) is 5.41 Å². The number of nitrogens with two attached hydrogens (primary N) is 1. The molecule has 2 aromatic rings. The smallest absolute Gasteiger partial charge is 0.120 e. The Labute approximate surface area is 88.9 Å². The standard InChI is InChI=1S/C12H15N3/c1-9-3-2-6-15-10(9)7-14-11(15)12(8-13)4-5-12/h2-3,6-7H,4-5,8,13H2,1H3. The van der Waals surface area contributed by atoms with Crippen molar-refractivity contribution in [2.24, 2.45) is 5.73 Å². The van der Waals surface area contributed by atoms with Gasteiger partial charge in [0.1, 0.15) is 5.82 Å². The van der Waals surface area contributed by atoms with E-state index in [4.69, 9.17) is 5.73 Å². The number of nitrogens with zero attached hydrogens (tertiary/aromatic N) is 2. The zero-order valence-electron chi connectivity index (χ0n) is 8.90. The molecule has 0 saturated heterocycles. The van der Waals surface area contributed by atoms with E-state index in [1.54, 1.807) is 0 Å². The molecule has 0 aliphatic heterocycles. The largest absolute Gasteiger partial charge is 0.329 e. The molecule has 0 bridgehead atoms. The molecule has 3 nitrogen and oxygen atoms in total. The minimum absolute atomic E-state index is 0.167. The average Bonchev–Trinajstić information content (AvgIpc) is 2.92. The number of hydrogen-bond acceptors (Lipinski definition) is 2. The lowest BCUT2D eigenvalue weighted by Gasteiger charge is -2.11. The fourth-order valence-electron chi connectivity index (χ4n) is 2.22. The number of fused-ring (bicyclic) bond motifs is 1. The van der Waals surface area contributed by atoms with Crippen molar-refractivity contribution in [3.63, 3.8) is 0 Å². The van der Waals surface area contributed by atoms with Crippen LogP contribution in [0, 0.1) is 6.92 Å². The van der Waals surface area contributed by atoms with Gasteiger partial charge in [0.2, 0.25) is 0 Å². The highest BCUT2D eigenvalue weighted by Gasteiger charge is 2.46. The summed E-state index contributed by atoms with van der Waals surface area (Å²) < 4.78 is 2.19. The first-order valence-corrected chi connectivity index (χ1v) is 5.40. The van der Waals surface area contributed by atoms with Crippen LogP contribution < -0.4 is 5.73 Å². The first kappa shape index (κ1) is 8.92. The van der Waals surface area contributed by atoms with Crippen molar-refractivity contribution in [3.8, 4) is 0 Å². The third-order valence-electron chi connectivity index (χ3n) is 3.50. The Morgan fingerprint density at radius 2 is 2.33 bits per heavy atom. The van der Waals surface area contributed by atoms with E-state index in [2.05, 4.69) is 34.6 Å². The predicted molar refractivity (Wildman–Crippen MR) is 59.9 cm³/mol. The molecule has 2 N–H and O–H groups in total.